The predicted molar refractivity (Wildman–Crippen MR) is 110 cm³/mol. The number of aromatic nitrogens is 1. The molecule has 1 saturated heterocycles. The number of guanidine groups is 1. The molecule has 0 spiro atoms. The highest BCUT2D eigenvalue weighted by Gasteiger charge is 2.19. The van der Waals surface area contributed by atoms with Crippen molar-refractivity contribution >= 4 is 17.3 Å². The lowest BCUT2D eigenvalue weighted by atomic mass is 10.2. The number of piperazine rings is 1. The van der Waals surface area contributed by atoms with Crippen molar-refractivity contribution in [2.24, 2.45) is 4.99 Å². The van der Waals surface area contributed by atoms with Crippen LogP contribution in [0.15, 0.2) is 41.5 Å². The Morgan fingerprint density at radius 3 is 2.58 bits per heavy atom. The Balaban J connectivity index is 1.54. The first-order valence-corrected chi connectivity index (χ1v) is 10.3. The molecular weight excluding hydrogens is 342 g/mol. The van der Waals surface area contributed by atoms with E-state index in [0.717, 1.165) is 56.7 Å². The molecule has 2 heterocycles. The zero-order chi connectivity index (χ0) is 18.2. The Hall–Kier alpha value is -1.92. The van der Waals surface area contributed by atoms with Gasteiger partial charge in [0, 0.05) is 50.3 Å². The second-order valence-corrected chi connectivity index (χ2v) is 7.69. The van der Waals surface area contributed by atoms with Crippen LogP contribution < -0.4 is 5.32 Å². The summed E-state index contributed by atoms with van der Waals surface area (Å²) in [6.07, 6.45) is 3.02. The summed E-state index contributed by atoms with van der Waals surface area (Å²) < 4.78 is 0. The second-order valence-electron chi connectivity index (χ2n) is 6.49. The number of hydrogen-bond donors (Lipinski definition) is 1. The molecule has 3 rings (SSSR count). The minimum absolute atomic E-state index is 0.664. The summed E-state index contributed by atoms with van der Waals surface area (Å²) in [5, 5.41) is 4.54. The number of aryl methyl sites for hydroxylation is 1. The van der Waals surface area contributed by atoms with E-state index in [-0.39, 0.29) is 0 Å². The van der Waals surface area contributed by atoms with Gasteiger partial charge in [-0.2, -0.15) is 0 Å². The standard InChI is InChI=1S/C20H29N5S/c1-3-18-14-22-19(26-18)15-23-20(21-4-2)25-12-10-24(11-13-25)16-17-8-6-5-7-9-17/h5-9,14H,3-4,10-13,15-16H2,1-2H3,(H,21,23). The first-order chi connectivity index (χ1) is 12.8. The minimum Gasteiger partial charge on any atom is -0.357 e. The van der Waals surface area contributed by atoms with Crippen LogP contribution in [0.5, 0.6) is 0 Å². The Morgan fingerprint density at radius 1 is 1.15 bits per heavy atom. The lowest BCUT2D eigenvalue weighted by Gasteiger charge is -2.36. The summed E-state index contributed by atoms with van der Waals surface area (Å²) >= 11 is 1.77. The Labute approximate surface area is 160 Å². The van der Waals surface area contributed by atoms with Crippen LogP contribution in [-0.2, 0) is 19.5 Å². The normalized spacial score (nSPS) is 16.1. The average molecular weight is 372 g/mol. The van der Waals surface area contributed by atoms with Crippen molar-refractivity contribution in [3.8, 4) is 0 Å². The third-order valence-electron chi connectivity index (χ3n) is 4.57. The lowest BCUT2D eigenvalue weighted by molar-refractivity contribution is 0.172. The van der Waals surface area contributed by atoms with Crippen LogP contribution in [0.4, 0.5) is 0 Å². The Bertz CT molecular complexity index is 689. The van der Waals surface area contributed by atoms with Gasteiger partial charge in [0.2, 0.25) is 0 Å². The topological polar surface area (TPSA) is 43.8 Å². The molecule has 0 saturated carbocycles. The van der Waals surface area contributed by atoms with E-state index in [9.17, 15) is 0 Å². The minimum atomic E-state index is 0.664. The van der Waals surface area contributed by atoms with E-state index >= 15 is 0 Å². The number of hydrogen-bond acceptors (Lipinski definition) is 4. The summed E-state index contributed by atoms with van der Waals surface area (Å²) in [7, 11) is 0. The molecule has 0 amide bonds. The molecule has 2 aromatic rings. The van der Waals surface area contributed by atoms with Crippen molar-refractivity contribution < 1.29 is 0 Å². The first-order valence-electron chi connectivity index (χ1n) is 9.51. The van der Waals surface area contributed by atoms with Crippen molar-refractivity contribution in [2.75, 3.05) is 32.7 Å². The van der Waals surface area contributed by atoms with Gasteiger partial charge in [0.1, 0.15) is 5.01 Å². The van der Waals surface area contributed by atoms with Gasteiger partial charge in [0.25, 0.3) is 0 Å². The molecule has 140 valence electrons. The third kappa shape index (κ3) is 5.29. The van der Waals surface area contributed by atoms with Crippen LogP contribution in [0.3, 0.4) is 0 Å². The number of nitrogens with one attached hydrogen (secondary N) is 1. The fourth-order valence-corrected chi connectivity index (χ4v) is 3.90. The van der Waals surface area contributed by atoms with Gasteiger partial charge < -0.3 is 10.2 Å². The quantitative estimate of drug-likeness (QED) is 0.626. The number of thiazole rings is 1. The molecule has 26 heavy (non-hydrogen) atoms. The van der Waals surface area contributed by atoms with Gasteiger partial charge in [-0.15, -0.1) is 11.3 Å². The van der Waals surface area contributed by atoms with Crippen LogP contribution >= 0.6 is 11.3 Å². The van der Waals surface area contributed by atoms with Crippen molar-refractivity contribution in [3.05, 3.63) is 52.0 Å². The molecule has 1 aliphatic rings. The maximum Gasteiger partial charge on any atom is 0.194 e. The van der Waals surface area contributed by atoms with Crippen LogP contribution in [0.1, 0.15) is 29.3 Å². The average Bonchev–Trinajstić information content (AvgIpc) is 3.15. The van der Waals surface area contributed by atoms with Crippen LogP contribution in [-0.4, -0.2) is 53.5 Å². The van der Waals surface area contributed by atoms with Gasteiger partial charge in [-0.05, 0) is 18.9 Å². The largest absolute Gasteiger partial charge is 0.357 e. The smallest absolute Gasteiger partial charge is 0.194 e. The molecule has 0 unspecified atom stereocenters. The summed E-state index contributed by atoms with van der Waals surface area (Å²) in [5.41, 5.74) is 1.39. The lowest BCUT2D eigenvalue weighted by Crippen LogP contribution is -2.52. The van der Waals surface area contributed by atoms with E-state index in [1.165, 1.54) is 10.4 Å². The molecule has 0 atom stereocenters. The van der Waals surface area contributed by atoms with E-state index in [1.54, 1.807) is 11.3 Å². The van der Waals surface area contributed by atoms with Crippen molar-refractivity contribution in [3.63, 3.8) is 0 Å². The molecule has 1 fully saturated rings. The van der Waals surface area contributed by atoms with Crippen LogP contribution in [0.25, 0.3) is 0 Å². The molecule has 1 aromatic heterocycles. The second kappa shape index (κ2) is 9.69. The maximum atomic E-state index is 4.82. The summed E-state index contributed by atoms with van der Waals surface area (Å²) in [6.45, 7) is 11.0. The van der Waals surface area contributed by atoms with Gasteiger partial charge in [-0.1, -0.05) is 37.3 Å². The van der Waals surface area contributed by atoms with Gasteiger partial charge in [-0.3, -0.25) is 4.90 Å². The summed E-state index contributed by atoms with van der Waals surface area (Å²) in [4.78, 5) is 15.5. The summed E-state index contributed by atoms with van der Waals surface area (Å²) in [5.74, 6) is 1.01. The molecular formula is C20H29N5S. The molecule has 1 N–H and O–H groups in total. The molecule has 6 heteroatoms. The molecule has 0 radical (unpaired) electrons. The zero-order valence-corrected chi connectivity index (χ0v) is 16.6. The monoisotopic (exact) mass is 371 g/mol. The highest BCUT2D eigenvalue weighted by Crippen LogP contribution is 2.14. The van der Waals surface area contributed by atoms with Gasteiger partial charge in [0.15, 0.2) is 5.96 Å². The van der Waals surface area contributed by atoms with Crippen molar-refractivity contribution in [1.29, 1.82) is 0 Å². The molecule has 1 aromatic carbocycles. The van der Waals surface area contributed by atoms with E-state index in [4.69, 9.17) is 4.99 Å². The van der Waals surface area contributed by atoms with Gasteiger partial charge >= 0.3 is 0 Å². The van der Waals surface area contributed by atoms with Crippen LogP contribution in [0, 0.1) is 0 Å². The van der Waals surface area contributed by atoms with Crippen LogP contribution in [0.2, 0.25) is 0 Å². The predicted octanol–water partition coefficient (Wildman–Crippen LogP) is 2.99. The van der Waals surface area contributed by atoms with Crippen molar-refractivity contribution in [1.82, 2.24) is 20.1 Å². The molecule has 5 nitrogen and oxygen atoms in total. The number of nitrogens with zero attached hydrogens (tertiary/aromatic N) is 4. The fraction of sp³-hybridized carbons (Fsp3) is 0.500. The third-order valence-corrected chi connectivity index (χ3v) is 5.70. The van der Waals surface area contributed by atoms with Crippen molar-refractivity contribution in [2.45, 2.75) is 33.4 Å². The van der Waals surface area contributed by atoms with E-state index < -0.39 is 0 Å². The number of benzene rings is 1. The van der Waals surface area contributed by atoms with E-state index in [1.807, 2.05) is 6.20 Å². The van der Waals surface area contributed by atoms with E-state index in [0.29, 0.717) is 6.54 Å². The highest BCUT2D eigenvalue weighted by atomic mass is 32.1. The van der Waals surface area contributed by atoms with E-state index in [2.05, 4.69) is 64.3 Å². The molecule has 0 aliphatic carbocycles. The molecule has 0 bridgehead atoms. The van der Waals surface area contributed by atoms with Gasteiger partial charge in [0.05, 0.1) is 6.54 Å². The SMILES string of the molecule is CCNC(=NCc1ncc(CC)s1)N1CCN(Cc2ccccc2)CC1. The summed E-state index contributed by atoms with van der Waals surface area (Å²) in [6, 6.07) is 10.7. The zero-order valence-electron chi connectivity index (χ0n) is 15.8. The molecule has 1 aliphatic heterocycles. The maximum absolute atomic E-state index is 4.82. The number of rotatable bonds is 6. The fourth-order valence-electron chi connectivity index (χ4n) is 3.11. The Kier molecular flexibility index (Phi) is 7.03. The highest BCUT2D eigenvalue weighted by molar-refractivity contribution is 7.11. The first kappa shape index (κ1) is 18.9. The van der Waals surface area contributed by atoms with Gasteiger partial charge in [-0.25, -0.2) is 9.98 Å². The number of aliphatic imine (C=N–C) groups is 1. The Morgan fingerprint density at radius 2 is 1.92 bits per heavy atom.